The van der Waals surface area contributed by atoms with Crippen molar-refractivity contribution in [2.45, 2.75) is 33.1 Å². The fraction of sp³-hybridized carbons (Fsp3) is 0.857. The molecule has 0 radical (unpaired) electrons. The number of carbonyl (C=O) groups is 1. The van der Waals surface area contributed by atoms with E-state index in [1.54, 1.807) is 0 Å². The summed E-state index contributed by atoms with van der Waals surface area (Å²) in [7, 11) is 0. The van der Waals surface area contributed by atoms with E-state index >= 15 is 0 Å². The van der Waals surface area contributed by atoms with Crippen molar-refractivity contribution < 1.29 is 14.6 Å². The molecule has 0 aliphatic carbocycles. The van der Waals surface area contributed by atoms with Crippen LogP contribution in [-0.2, 0) is 4.74 Å². The molecule has 1 amide bonds. The zero-order chi connectivity index (χ0) is 8.65. The molecule has 1 saturated heterocycles. The molecule has 1 aliphatic rings. The second-order valence-electron chi connectivity index (χ2n) is 3.78. The van der Waals surface area contributed by atoms with Crippen LogP contribution in [0.1, 0.15) is 20.8 Å². The summed E-state index contributed by atoms with van der Waals surface area (Å²) >= 11 is 0. The predicted molar refractivity (Wildman–Crippen MR) is 38.9 cm³/mol. The van der Waals surface area contributed by atoms with E-state index in [0.29, 0.717) is 0 Å². The minimum absolute atomic E-state index is 0.224. The molecule has 1 aliphatic heterocycles. The van der Waals surface area contributed by atoms with Crippen LogP contribution in [0.25, 0.3) is 0 Å². The summed E-state index contributed by atoms with van der Waals surface area (Å²) in [5.41, 5.74) is -0.224. The second-order valence-corrected chi connectivity index (χ2v) is 3.78. The first-order valence-electron chi connectivity index (χ1n) is 3.56. The Balaban J connectivity index is 2.67. The van der Waals surface area contributed by atoms with Crippen LogP contribution in [0.2, 0.25) is 0 Å². The van der Waals surface area contributed by atoms with E-state index in [0.717, 1.165) is 0 Å². The van der Waals surface area contributed by atoms with Crippen LogP contribution in [0.4, 0.5) is 4.79 Å². The summed E-state index contributed by atoms with van der Waals surface area (Å²) in [5.74, 6) is 0. The Bertz CT molecular complexity index is 173. The average Bonchev–Trinajstić information content (AvgIpc) is 2.08. The molecule has 0 spiro atoms. The van der Waals surface area contributed by atoms with Gasteiger partial charge in [-0.3, -0.25) is 5.32 Å². The minimum atomic E-state index is -0.873. The van der Waals surface area contributed by atoms with E-state index in [1.807, 2.05) is 20.8 Å². The number of nitrogens with one attached hydrogen (secondary N) is 1. The third kappa shape index (κ3) is 1.63. The van der Waals surface area contributed by atoms with Gasteiger partial charge in [0.05, 0.1) is 0 Å². The second kappa shape index (κ2) is 2.37. The summed E-state index contributed by atoms with van der Waals surface area (Å²) < 4.78 is 4.84. The molecule has 4 nitrogen and oxygen atoms in total. The molecule has 1 rings (SSSR count). The molecule has 2 unspecified atom stereocenters. The van der Waals surface area contributed by atoms with Gasteiger partial charge in [-0.1, -0.05) is 20.8 Å². The van der Waals surface area contributed by atoms with Crippen LogP contribution < -0.4 is 5.32 Å². The van der Waals surface area contributed by atoms with Gasteiger partial charge in [0.15, 0.2) is 12.3 Å². The summed E-state index contributed by atoms with van der Waals surface area (Å²) in [6, 6.07) is 0. The van der Waals surface area contributed by atoms with Crippen LogP contribution in [0.3, 0.4) is 0 Å². The van der Waals surface area contributed by atoms with Crippen molar-refractivity contribution in [1.82, 2.24) is 5.32 Å². The highest BCUT2D eigenvalue weighted by atomic mass is 16.6. The number of cyclic esters (lactones) is 1. The third-order valence-electron chi connectivity index (χ3n) is 1.64. The molecule has 0 bridgehead atoms. The van der Waals surface area contributed by atoms with Gasteiger partial charge in [-0.25, -0.2) is 4.79 Å². The van der Waals surface area contributed by atoms with Crippen LogP contribution in [-0.4, -0.2) is 23.5 Å². The standard InChI is InChI=1S/C7H13NO3/c1-7(2,3)4-5(9)8-6(10)11-4/h4-5,9H,1-3H3,(H,8,10). The normalized spacial score (nSPS) is 31.5. The molecule has 1 fully saturated rings. The summed E-state index contributed by atoms with van der Waals surface area (Å²) in [4.78, 5) is 10.6. The first kappa shape index (κ1) is 8.33. The summed E-state index contributed by atoms with van der Waals surface area (Å²) in [5, 5.41) is 11.5. The zero-order valence-corrected chi connectivity index (χ0v) is 6.92. The van der Waals surface area contributed by atoms with E-state index in [-0.39, 0.29) is 5.41 Å². The molecule has 0 aromatic carbocycles. The largest absolute Gasteiger partial charge is 0.441 e. The quantitative estimate of drug-likeness (QED) is 0.539. The minimum Gasteiger partial charge on any atom is -0.441 e. The molecular formula is C7H13NO3. The zero-order valence-electron chi connectivity index (χ0n) is 6.92. The van der Waals surface area contributed by atoms with E-state index in [1.165, 1.54) is 0 Å². The van der Waals surface area contributed by atoms with Crippen molar-refractivity contribution in [3.63, 3.8) is 0 Å². The topological polar surface area (TPSA) is 58.6 Å². The van der Waals surface area contributed by atoms with Gasteiger partial charge >= 0.3 is 6.09 Å². The number of amides is 1. The average molecular weight is 159 g/mol. The van der Waals surface area contributed by atoms with Crippen molar-refractivity contribution in [1.29, 1.82) is 0 Å². The molecule has 2 atom stereocenters. The molecule has 0 aromatic rings. The SMILES string of the molecule is CC(C)(C)C1OC(=O)NC1O. The van der Waals surface area contributed by atoms with Crippen molar-refractivity contribution in [2.24, 2.45) is 5.41 Å². The van der Waals surface area contributed by atoms with Crippen molar-refractivity contribution >= 4 is 6.09 Å². The maximum atomic E-state index is 10.6. The maximum Gasteiger partial charge on any atom is 0.409 e. The Morgan fingerprint density at radius 3 is 2.27 bits per heavy atom. The van der Waals surface area contributed by atoms with Crippen molar-refractivity contribution in [3.05, 3.63) is 0 Å². The monoisotopic (exact) mass is 159 g/mol. The smallest absolute Gasteiger partial charge is 0.409 e. The van der Waals surface area contributed by atoms with E-state index in [9.17, 15) is 9.90 Å². The molecule has 11 heavy (non-hydrogen) atoms. The van der Waals surface area contributed by atoms with E-state index in [2.05, 4.69) is 5.32 Å². The fourth-order valence-corrected chi connectivity index (χ4v) is 1.06. The lowest BCUT2D eigenvalue weighted by Crippen LogP contribution is -2.39. The Morgan fingerprint density at radius 1 is 1.55 bits per heavy atom. The summed E-state index contributed by atoms with van der Waals surface area (Å²) in [6.45, 7) is 5.71. The molecule has 2 N–H and O–H groups in total. The summed E-state index contributed by atoms with van der Waals surface area (Å²) in [6.07, 6.45) is -1.87. The van der Waals surface area contributed by atoms with Crippen LogP contribution in [0.15, 0.2) is 0 Å². The van der Waals surface area contributed by atoms with E-state index < -0.39 is 18.4 Å². The molecule has 64 valence electrons. The van der Waals surface area contributed by atoms with Gasteiger partial charge in [0.2, 0.25) is 0 Å². The molecule has 0 saturated carbocycles. The van der Waals surface area contributed by atoms with Gasteiger partial charge in [-0.05, 0) is 0 Å². The Hall–Kier alpha value is -0.770. The molecule has 0 aromatic heterocycles. The van der Waals surface area contributed by atoms with Gasteiger partial charge in [0.1, 0.15) is 0 Å². The highest BCUT2D eigenvalue weighted by Gasteiger charge is 2.40. The molecule has 1 heterocycles. The van der Waals surface area contributed by atoms with Crippen molar-refractivity contribution in [2.75, 3.05) is 0 Å². The van der Waals surface area contributed by atoms with Crippen molar-refractivity contribution in [3.8, 4) is 0 Å². The first-order chi connectivity index (χ1) is 4.91. The number of alkyl carbamates (subject to hydrolysis) is 1. The number of carbonyl (C=O) groups excluding carboxylic acids is 1. The van der Waals surface area contributed by atoms with Gasteiger partial charge in [-0.2, -0.15) is 0 Å². The van der Waals surface area contributed by atoms with Gasteiger partial charge in [-0.15, -0.1) is 0 Å². The van der Waals surface area contributed by atoms with E-state index in [4.69, 9.17) is 4.74 Å². The third-order valence-corrected chi connectivity index (χ3v) is 1.64. The number of hydrogen-bond donors (Lipinski definition) is 2. The Kier molecular flexibility index (Phi) is 1.80. The first-order valence-corrected chi connectivity index (χ1v) is 3.56. The van der Waals surface area contributed by atoms with Crippen LogP contribution in [0.5, 0.6) is 0 Å². The highest BCUT2D eigenvalue weighted by molar-refractivity contribution is 5.69. The van der Waals surface area contributed by atoms with Gasteiger partial charge in [0, 0.05) is 5.41 Å². The van der Waals surface area contributed by atoms with Crippen LogP contribution >= 0.6 is 0 Å². The van der Waals surface area contributed by atoms with Gasteiger partial charge in [0.25, 0.3) is 0 Å². The number of rotatable bonds is 0. The highest BCUT2D eigenvalue weighted by Crippen LogP contribution is 2.27. The number of hydrogen-bond acceptors (Lipinski definition) is 3. The lowest BCUT2D eigenvalue weighted by molar-refractivity contribution is -0.0101. The maximum absolute atomic E-state index is 10.6. The lowest BCUT2D eigenvalue weighted by Gasteiger charge is -2.26. The predicted octanol–water partition coefficient (Wildman–Crippen LogP) is 0.459. The number of aliphatic hydroxyl groups excluding tert-OH is 1. The molecule has 4 heteroatoms. The Labute approximate surface area is 65.5 Å². The number of ether oxygens (including phenoxy) is 1. The number of aliphatic hydroxyl groups is 1. The fourth-order valence-electron chi connectivity index (χ4n) is 1.06. The lowest BCUT2D eigenvalue weighted by atomic mass is 9.88. The van der Waals surface area contributed by atoms with Gasteiger partial charge < -0.3 is 9.84 Å². The van der Waals surface area contributed by atoms with Crippen LogP contribution in [0, 0.1) is 5.41 Å². The molecular weight excluding hydrogens is 146 g/mol. The Morgan fingerprint density at radius 2 is 2.09 bits per heavy atom.